The van der Waals surface area contributed by atoms with Crippen molar-refractivity contribution in [3.63, 3.8) is 0 Å². The first-order chi connectivity index (χ1) is 15.8. The number of rotatable bonds is 8. The molecule has 0 saturated carbocycles. The lowest BCUT2D eigenvalue weighted by Crippen LogP contribution is -2.16. The van der Waals surface area contributed by atoms with Gasteiger partial charge in [0.25, 0.3) is 10.0 Å². The Morgan fingerprint density at radius 2 is 2.09 bits per heavy atom. The molecule has 33 heavy (non-hydrogen) atoms. The SMILES string of the molecule is CCNC/C=C\c1cc(F)ccc1S(=O)(=O)Nc1coc2c1-c1cccc(C(=O)O)c1OC2. The maximum absolute atomic E-state index is 13.8. The molecule has 0 spiro atoms. The highest BCUT2D eigenvalue weighted by Crippen LogP contribution is 2.45. The Morgan fingerprint density at radius 3 is 2.85 bits per heavy atom. The van der Waals surface area contributed by atoms with Crippen LogP contribution in [0.15, 0.2) is 58.1 Å². The van der Waals surface area contributed by atoms with Crippen LogP contribution in [0.2, 0.25) is 0 Å². The van der Waals surface area contributed by atoms with Gasteiger partial charge in [-0.25, -0.2) is 17.6 Å². The Labute approximate surface area is 189 Å². The van der Waals surface area contributed by atoms with E-state index in [2.05, 4.69) is 10.0 Å². The van der Waals surface area contributed by atoms with E-state index in [0.29, 0.717) is 23.4 Å². The number of halogens is 1. The minimum atomic E-state index is -4.14. The van der Waals surface area contributed by atoms with E-state index < -0.39 is 21.8 Å². The number of carboxylic acids is 1. The van der Waals surface area contributed by atoms with Gasteiger partial charge in [0.15, 0.2) is 5.76 Å². The Kier molecular flexibility index (Phi) is 6.21. The summed E-state index contributed by atoms with van der Waals surface area (Å²) in [4.78, 5) is 11.4. The highest BCUT2D eigenvalue weighted by Gasteiger charge is 2.30. The molecule has 0 saturated heterocycles. The van der Waals surface area contributed by atoms with Crippen molar-refractivity contribution in [2.24, 2.45) is 0 Å². The molecule has 0 atom stereocenters. The van der Waals surface area contributed by atoms with E-state index in [1.165, 1.54) is 24.5 Å². The third-order valence-corrected chi connectivity index (χ3v) is 6.48. The lowest BCUT2D eigenvalue weighted by molar-refractivity contribution is 0.0691. The molecule has 2 aromatic carbocycles. The number of benzene rings is 2. The van der Waals surface area contributed by atoms with Gasteiger partial charge in [0.05, 0.1) is 16.1 Å². The van der Waals surface area contributed by atoms with Crippen molar-refractivity contribution in [1.82, 2.24) is 5.32 Å². The number of aromatic carboxylic acids is 1. The summed E-state index contributed by atoms with van der Waals surface area (Å²) in [6.45, 7) is 3.12. The van der Waals surface area contributed by atoms with Crippen LogP contribution in [0.3, 0.4) is 0 Å². The van der Waals surface area contributed by atoms with Crippen molar-refractivity contribution in [3.8, 4) is 16.9 Å². The van der Waals surface area contributed by atoms with Gasteiger partial charge in [-0.1, -0.05) is 31.2 Å². The molecule has 2 heterocycles. The number of hydrogen-bond donors (Lipinski definition) is 3. The molecule has 4 rings (SSSR count). The summed E-state index contributed by atoms with van der Waals surface area (Å²) in [6.07, 6.45) is 4.48. The molecule has 0 bridgehead atoms. The van der Waals surface area contributed by atoms with E-state index in [1.54, 1.807) is 18.2 Å². The number of para-hydroxylation sites is 1. The lowest BCUT2D eigenvalue weighted by atomic mass is 9.99. The van der Waals surface area contributed by atoms with E-state index in [9.17, 15) is 22.7 Å². The van der Waals surface area contributed by atoms with Crippen LogP contribution in [0.25, 0.3) is 17.2 Å². The van der Waals surface area contributed by atoms with Gasteiger partial charge in [-0.05, 0) is 36.4 Å². The van der Waals surface area contributed by atoms with Gasteiger partial charge in [0.1, 0.15) is 30.0 Å². The first kappa shape index (κ1) is 22.6. The number of anilines is 1. The first-order valence-corrected chi connectivity index (χ1v) is 11.6. The molecule has 0 fully saturated rings. The van der Waals surface area contributed by atoms with Crippen LogP contribution in [0.5, 0.6) is 5.75 Å². The van der Waals surface area contributed by atoms with E-state index in [-0.39, 0.29) is 34.1 Å². The first-order valence-electron chi connectivity index (χ1n) is 10.1. The number of likely N-dealkylation sites (N-methyl/N-ethyl adjacent to an activating group) is 1. The highest BCUT2D eigenvalue weighted by molar-refractivity contribution is 7.92. The summed E-state index contributed by atoms with van der Waals surface area (Å²) in [5.41, 5.74) is 1.07. The number of fused-ring (bicyclic) bond motifs is 3. The second kappa shape index (κ2) is 9.08. The maximum Gasteiger partial charge on any atom is 0.339 e. The summed E-state index contributed by atoms with van der Waals surface area (Å²) in [6, 6.07) is 7.98. The Hall–Kier alpha value is -3.63. The minimum Gasteiger partial charge on any atom is -0.484 e. The number of sulfonamides is 1. The largest absolute Gasteiger partial charge is 0.484 e. The van der Waals surface area contributed by atoms with Crippen LogP contribution in [0, 0.1) is 5.82 Å². The lowest BCUT2D eigenvalue weighted by Gasteiger charge is -2.20. The molecule has 3 N–H and O–H groups in total. The number of nitrogens with one attached hydrogen (secondary N) is 2. The molecule has 10 heteroatoms. The number of furan rings is 1. The monoisotopic (exact) mass is 472 g/mol. The third-order valence-electron chi connectivity index (χ3n) is 5.04. The fourth-order valence-electron chi connectivity index (χ4n) is 3.58. The van der Waals surface area contributed by atoms with Crippen molar-refractivity contribution in [1.29, 1.82) is 0 Å². The Bertz CT molecular complexity index is 1350. The van der Waals surface area contributed by atoms with Crippen molar-refractivity contribution in [3.05, 3.63) is 71.4 Å². The summed E-state index contributed by atoms with van der Waals surface area (Å²) in [5.74, 6) is -1.24. The van der Waals surface area contributed by atoms with E-state index in [4.69, 9.17) is 9.15 Å². The summed E-state index contributed by atoms with van der Waals surface area (Å²) in [7, 11) is -4.14. The molecule has 1 aromatic heterocycles. The predicted octanol–water partition coefficient (Wildman–Crippen LogP) is 4.10. The quantitative estimate of drug-likeness (QED) is 0.423. The van der Waals surface area contributed by atoms with Crippen LogP contribution in [0.1, 0.15) is 28.6 Å². The maximum atomic E-state index is 13.8. The standard InChI is InChI=1S/C23H21FN2O6S/c1-2-25-10-4-5-14-11-15(24)8-9-20(14)33(29,30)26-18-12-31-19-13-32-22-16(21(18)19)6-3-7-17(22)23(27)28/h3-9,11-12,25-26H,2,10,13H2,1H3,(H,27,28)/b5-4-. The molecular weight excluding hydrogens is 451 g/mol. The normalized spacial score (nSPS) is 12.8. The topological polar surface area (TPSA) is 118 Å². The third kappa shape index (κ3) is 4.48. The highest BCUT2D eigenvalue weighted by atomic mass is 32.2. The van der Waals surface area contributed by atoms with Gasteiger partial charge in [-0.3, -0.25) is 4.72 Å². The summed E-state index contributed by atoms with van der Waals surface area (Å²) < 4.78 is 53.9. The molecule has 0 amide bonds. The zero-order valence-corrected chi connectivity index (χ0v) is 18.4. The average molecular weight is 472 g/mol. The minimum absolute atomic E-state index is 0.0418. The molecule has 1 aliphatic rings. The van der Waals surface area contributed by atoms with E-state index in [0.717, 1.165) is 18.7 Å². The second-order valence-corrected chi connectivity index (χ2v) is 8.87. The number of carbonyl (C=O) groups is 1. The number of ether oxygens (including phenoxy) is 1. The van der Waals surface area contributed by atoms with Gasteiger partial charge in [-0.2, -0.15) is 0 Å². The molecular formula is C23H21FN2O6S. The fourth-order valence-corrected chi connectivity index (χ4v) is 4.81. The van der Waals surface area contributed by atoms with Crippen LogP contribution < -0.4 is 14.8 Å². The molecule has 0 aliphatic carbocycles. The zero-order chi connectivity index (χ0) is 23.6. The van der Waals surface area contributed by atoms with Gasteiger partial charge >= 0.3 is 5.97 Å². The van der Waals surface area contributed by atoms with Gasteiger partial charge in [0.2, 0.25) is 0 Å². The van der Waals surface area contributed by atoms with Crippen molar-refractivity contribution in [2.45, 2.75) is 18.4 Å². The fraction of sp³-hybridized carbons (Fsp3) is 0.174. The van der Waals surface area contributed by atoms with Crippen LogP contribution >= 0.6 is 0 Å². The Morgan fingerprint density at radius 1 is 1.27 bits per heavy atom. The van der Waals surface area contributed by atoms with Crippen LogP contribution in [-0.4, -0.2) is 32.6 Å². The molecule has 1 aliphatic heterocycles. The second-order valence-electron chi connectivity index (χ2n) is 7.22. The molecule has 0 unspecified atom stereocenters. The van der Waals surface area contributed by atoms with Crippen molar-refractivity contribution >= 4 is 27.8 Å². The van der Waals surface area contributed by atoms with E-state index >= 15 is 0 Å². The van der Waals surface area contributed by atoms with Gasteiger partial charge in [-0.15, -0.1) is 0 Å². The van der Waals surface area contributed by atoms with E-state index in [1.807, 2.05) is 6.92 Å². The zero-order valence-electron chi connectivity index (χ0n) is 17.6. The Balaban J connectivity index is 1.73. The molecule has 3 aromatic rings. The summed E-state index contributed by atoms with van der Waals surface area (Å²) in [5, 5.41) is 12.5. The van der Waals surface area contributed by atoms with Crippen molar-refractivity contribution in [2.75, 3.05) is 17.8 Å². The molecule has 8 nitrogen and oxygen atoms in total. The van der Waals surface area contributed by atoms with Crippen LogP contribution in [0.4, 0.5) is 10.1 Å². The summed E-state index contributed by atoms with van der Waals surface area (Å²) >= 11 is 0. The van der Waals surface area contributed by atoms with Gasteiger partial charge in [0, 0.05) is 12.1 Å². The predicted molar refractivity (Wildman–Crippen MR) is 120 cm³/mol. The average Bonchev–Trinajstić information content (AvgIpc) is 3.18. The van der Waals surface area contributed by atoms with Crippen molar-refractivity contribution < 1.29 is 31.9 Å². The molecule has 172 valence electrons. The van der Waals surface area contributed by atoms with Gasteiger partial charge < -0.3 is 19.6 Å². The van der Waals surface area contributed by atoms with Crippen LogP contribution in [-0.2, 0) is 16.6 Å². The smallest absolute Gasteiger partial charge is 0.339 e. The molecule has 0 radical (unpaired) electrons. The number of hydrogen-bond acceptors (Lipinski definition) is 6. The number of carboxylic acid groups (broad SMARTS) is 1.